The van der Waals surface area contributed by atoms with Crippen molar-refractivity contribution in [3.63, 3.8) is 0 Å². The smallest absolute Gasteiger partial charge is 0.305 e. The molecule has 0 unspecified atom stereocenters. The van der Waals surface area contributed by atoms with E-state index in [9.17, 15) is 4.79 Å². The number of carbonyl (C=O) groups is 1. The van der Waals surface area contributed by atoms with E-state index in [4.69, 9.17) is 15.9 Å². The van der Waals surface area contributed by atoms with Crippen LogP contribution in [0.2, 0.25) is 0 Å². The van der Waals surface area contributed by atoms with Crippen LogP contribution in [0.1, 0.15) is 32.1 Å². The normalized spacial score (nSPS) is 16.8. The van der Waals surface area contributed by atoms with E-state index in [2.05, 4.69) is 0 Å². The molecular weight excluding hydrogens is 158 g/mol. The van der Waals surface area contributed by atoms with Crippen molar-refractivity contribution in [2.24, 2.45) is 5.73 Å². The van der Waals surface area contributed by atoms with Crippen molar-refractivity contribution in [3.8, 4) is 0 Å². The summed E-state index contributed by atoms with van der Waals surface area (Å²) in [6, 6.07) is 0.546. The molecule has 1 aliphatic carbocycles. The van der Waals surface area contributed by atoms with Crippen molar-refractivity contribution in [2.45, 2.75) is 38.1 Å². The minimum Gasteiger partial charge on any atom is -0.481 e. The Morgan fingerprint density at radius 2 is 1.92 bits per heavy atom. The van der Waals surface area contributed by atoms with Crippen molar-refractivity contribution in [1.29, 1.82) is 0 Å². The Kier molecular flexibility index (Phi) is 6.70. The number of hydrogen-bond donors (Lipinski definition) is 3. The zero-order valence-corrected chi connectivity index (χ0v) is 7.20. The molecule has 72 valence electrons. The van der Waals surface area contributed by atoms with Gasteiger partial charge in [0.15, 0.2) is 0 Å². The second kappa shape index (κ2) is 7.06. The molecule has 1 fully saturated rings. The van der Waals surface area contributed by atoms with Crippen molar-refractivity contribution in [2.75, 3.05) is 6.61 Å². The quantitative estimate of drug-likeness (QED) is 0.565. The van der Waals surface area contributed by atoms with Crippen LogP contribution < -0.4 is 5.73 Å². The Labute approximate surface area is 72.4 Å². The molecule has 0 aromatic carbocycles. The lowest BCUT2D eigenvalue weighted by molar-refractivity contribution is -0.137. The molecule has 0 saturated heterocycles. The fraction of sp³-hybridized carbons (Fsp3) is 0.875. The van der Waals surface area contributed by atoms with E-state index in [0.717, 1.165) is 0 Å². The first kappa shape index (κ1) is 11.4. The number of aliphatic carboxylic acids is 1. The maximum atomic E-state index is 9.44. The first-order valence-corrected chi connectivity index (χ1v) is 4.25. The zero-order valence-electron chi connectivity index (χ0n) is 7.20. The fourth-order valence-electron chi connectivity index (χ4n) is 1.05. The highest BCUT2D eigenvalue weighted by molar-refractivity contribution is 5.66. The predicted molar refractivity (Wildman–Crippen MR) is 45.8 cm³/mol. The Balaban J connectivity index is 0.000000202. The van der Waals surface area contributed by atoms with E-state index in [1.165, 1.54) is 25.7 Å². The minimum atomic E-state index is -0.961. The molecule has 0 bridgehead atoms. The van der Waals surface area contributed by atoms with Gasteiger partial charge in [-0.1, -0.05) is 12.8 Å². The van der Waals surface area contributed by atoms with Crippen LogP contribution in [0.15, 0.2) is 0 Å². The topological polar surface area (TPSA) is 83.6 Å². The molecule has 0 aromatic heterocycles. The van der Waals surface area contributed by atoms with E-state index in [0.29, 0.717) is 6.04 Å². The molecule has 0 amide bonds. The maximum absolute atomic E-state index is 9.44. The van der Waals surface area contributed by atoms with Gasteiger partial charge in [0.2, 0.25) is 0 Å². The molecule has 4 nitrogen and oxygen atoms in total. The van der Waals surface area contributed by atoms with Gasteiger partial charge in [-0.3, -0.25) is 4.79 Å². The van der Waals surface area contributed by atoms with Gasteiger partial charge < -0.3 is 15.9 Å². The van der Waals surface area contributed by atoms with Gasteiger partial charge in [0.1, 0.15) is 0 Å². The summed E-state index contributed by atoms with van der Waals surface area (Å²) in [5, 5.41) is 15.6. The molecule has 1 saturated carbocycles. The third-order valence-corrected chi connectivity index (χ3v) is 1.73. The largest absolute Gasteiger partial charge is 0.481 e. The van der Waals surface area contributed by atoms with Gasteiger partial charge in [-0.05, 0) is 12.8 Å². The minimum absolute atomic E-state index is 0.153. The number of carboxylic acid groups (broad SMARTS) is 1. The van der Waals surface area contributed by atoms with Crippen LogP contribution in [0.4, 0.5) is 0 Å². The van der Waals surface area contributed by atoms with E-state index in [-0.39, 0.29) is 13.0 Å². The molecular formula is C8H17NO3. The van der Waals surface area contributed by atoms with Gasteiger partial charge >= 0.3 is 5.97 Å². The van der Waals surface area contributed by atoms with E-state index < -0.39 is 5.97 Å². The Hall–Kier alpha value is -0.610. The average molecular weight is 175 g/mol. The lowest BCUT2D eigenvalue weighted by Crippen LogP contribution is -2.13. The van der Waals surface area contributed by atoms with E-state index >= 15 is 0 Å². The summed E-state index contributed by atoms with van der Waals surface area (Å²) in [6.07, 6.45) is 5.10. The van der Waals surface area contributed by atoms with E-state index in [1.54, 1.807) is 0 Å². The number of nitrogens with two attached hydrogens (primary N) is 1. The van der Waals surface area contributed by atoms with Gasteiger partial charge in [0.25, 0.3) is 0 Å². The second-order valence-corrected chi connectivity index (χ2v) is 2.91. The van der Waals surface area contributed by atoms with Crippen LogP contribution in [-0.4, -0.2) is 28.8 Å². The van der Waals surface area contributed by atoms with Gasteiger partial charge in [-0.25, -0.2) is 0 Å². The predicted octanol–water partition coefficient (Wildman–Crippen LogP) is 0.341. The molecule has 1 aliphatic rings. The third kappa shape index (κ3) is 7.50. The number of rotatable bonds is 2. The molecule has 0 aliphatic heterocycles. The molecule has 12 heavy (non-hydrogen) atoms. The average Bonchev–Trinajstić information content (AvgIpc) is 2.40. The summed E-state index contributed by atoms with van der Waals surface area (Å²) in [5.41, 5.74) is 5.53. The van der Waals surface area contributed by atoms with E-state index in [1.807, 2.05) is 0 Å². The number of aliphatic hydroxyl groups excluding tert-OH is 1. The van der Waals surface area contributed by atoms with Crippen molar-refractivity contribution in [3.05, 3.63) is 0 Å². The SMILES string of the molecule is NC1CCCC1.O=C(O)CCO. The Morgan fingerprint density at radius 1 is 1.42 bits per heavy atom. The molecule has 4 N–H and O–H groups in total. The van der Waals surface area contributed by atoms with Crippen molar-refractivity contribution < 1.29 is 15.0 Å². The summed E-state index contributed by atoms with van der Waals surface area (Å²) in [6.45, 7) is -0.269. The van der Waals surface area contributed by atoms with Crippen LogP contribution in [0.3, 0.4) is 0 Å². The third-order valence-electron chi connectivity index (χ3n) is 1.73. The molecule has 1 rings (SSSR count). The Bertz CT molecular complexity index is 121. The van der Waals surface area contributed by atoms with Crippen molar-refractivity contribution in [1.82, 2.24) is 0 Å². The Morgan fingerprint density at radius 3 is 2.00 bits per heavy atom. The molecule has 0 aromatic rings. The van der Waals surface area contributed by atoms with Crippen LogP contribution in [0.5, 0.6) is 0 Å². The molecule has 0 radical (unpaired) electrons. The standard InChI is InChI=1S/C5H11N.C3H6O3/c6-5-3-1-2-4-5;4-2-1-3(5)6/h5H,1-4,6H2;4H,1-2H2,(H,5,6). The summed E-state index contributed by atoms with van der Waals surface area (Å²) in [5.74, 6) is -0.961. The molecule has 0 heterocycles. The monoisotopic (exact) mass is 175 g/mol. The lowest BCUT2D eigenvalue weighted by atomic mass is 10.3. The van der Waals surface area contributed by atoms with Crippen LogP contribution in [-0.2, 0) is 4.79 Å². The number of aliphatic hydroxyl groups is 1. The number of hydrogen-bond acceptors (Lipinski definition) is 3. The lowest BCUT2D eigenvalue weighted by Gasteiger charge is -1.92. The zero-order chi connectivity index (χ0) is 9.40. The fourth-order valence-corrected chi connectivity index (χ4v) is 1.05. The highest BCUT2D eigenvalue weighted by Gasteiger charge is 2.07. The van der Waals surface area contributed by atoms with Gasteiger partial charge in [0, 0.05) is 6.04 Å². The van der Waals surface area contributed by atoms with Crippen LogP contribution in [0.25, 0.3) is 0 Å². The van der Waals surface area contributed by atoms with Gasteiger partial charge in [-0.15, -0.1) is 0 Å². The van der Waals surface area contributed by atoms with Crippen molar-refractivity contribution >= 4 is 5.97 Å². The first-order valence-electron chi connectivity index (χ1n) is 4.25. The molecule has 0 spiro atoms. The molecule has 0 atom stereocenters. The molecule has 4 heteroatoms. The van der Waals surface area contributed by atoms with Gasteiger partial charge in [-0.2, -0.15) is 0 Å². The maximum Gasteiger partial charge on any atom is 0.305 e. The second-order valence-electron chi connectivity index (χ2n) is 2.91. The highest BCUT2D eigenvalue weighted by Crippen LogP contribution is 2.14. The van der Waals surface area contributed by atoms with Crippen LogP contribution >= 0.6 is 0 Å². The summed E-state index contributed by atoms with van der Waals surface area (Å²) >= 11 is 0. The number of carboxylic acids is 1. The first-order chi connectivity index (χ1) is 5.66. The summed E-state index contributed by atoms with van der Waals surface area (Å²) in [4.78, 5) is 9.44. The van der Waals surface area contributed by atoms with Crippen LogP contribution in [0, 0.1) is 0 Å². The van der Waals surface area contributed by atoms with Gasteiger partial charge in [0.05, 0.1) is 13.0 Å². The highest BCUT2D eigenvalue weighted by atomic mass is 16.4. The summed E-state index contributed by atoms with van der Waals surface area (Å²) in [7, 11) is 0. The summed E-state index contributed by atoms with van der Waals surface area (Å²) < 4.78 is 0.